The van der Waals surface area contributed by atoms with E-state index in [2.05, 4.69) is 28.2 Å². The smallest absolute Gasteiger partial charge is 0.323 e. The molecule has 0 aliphatic rings. The summed E-state index contributed by atoms with van der Waals surface area (Å²) in [5.41, 5.74) is 2.73. The Morgan fingerprint density at radius 1 is 0.840 bits per heavy atom. The highest BCUT2D eigenvalue weighted by atomic mass is 16.2. The number of urea groups is 1. The standard InChI is InChI=1S/C21H19N3O/c1-2-24-14-19(17-11-5-6-13-20(17)24)23-21(25)22-18-12-7-9-15-8-3-4-10-16(15)18/h3-14H,2H2,1H3,(H2,22,23,25). The van der Waals surface area contributed by atoms with Crippen LogP contribution in [0.4, 0.5) is 16.2 Å². The quantitative estimate of drug-likeness (QED) is 0.515. The lowest BCUT2D eigenvalue weighted by molar-refractivity contribution is 0.262. The summed E-state index contributed by atoms with van der Waals surface area (Å²) in [5.74, 6) is 0. The lowest BCUT2D eigenvalue weighted by atomic mass is 10.1. The van der Waals surface area contributed by atoms with E-state index >= 15 is 0 Å². The van der Waals surface area contributed by atoms with Gasteiger partial charge in [0.05, 0.1) is 16.9 Å². The Bertz CT molecular complexity index is 1060. The molecule has 2 N–H and O–H groups in total. The Morgan fingerprint density at radius 3 is 2.36 bits per heavy atom. The highest BCUT2D eigenvalue weighted by Crippen LogP contribution is 2.27. The fourth-order valence-corrected chi connectivity index (χ4v) is 3.22. The van der Waals surface area contributed by atoms with Crippen LogP contribution in [0.15, 0.2) is 72.9 Å². The van der Waals surface area contributed by atoms with Crippen molar-refractivity contribution in [3.05, 3.63) is 72.9 Å². The van der Waals surface area contributed by atoms with Crippen LogP contribution in [0, 0.1) is 0 Å². The highest BCUT2D eigenvalue weighted by molar-refractivity contribution is 6.09. The maximum absolute atomic E-state index is 12.5. The molecule has 4 nitrogen and oxygen atoms in total. The molecule has 1 aromatic heterocycles. The zero-order chi connectivity index (χ0) is 17.2. The minimum atomic E-state index is -0.240. The molecule has 25 heavy (non-hydrogen) atoms. The number of nitrogens with zero attached hydrogens (tertiary/aromatic N) is 1. The number of hydrogen-bond acceptors (Lipinski definition) is 1. The number of nitrogens with one attached hydrogen (secondary N) is 2. The first-order chi connectivity index (χ1) is 12.3. The van der Waals surface area contributed by atoms with Gasteiger partial charge in [-0.05, 0) is 24.4 Å². The Kier molecular flexibility index (Phi) is 3.86. The minimum absolute atomic E-state index is 0.240. The van der Waals surface area contributed by atoms with Crippen molar-refractivity contribution in [1.82, 2.24) is 4.57 Å². The van der Waals surface area contributed by atoms with Gasteiger partial charge in [-0.25, -0.2) is 4.79 Å². The number of hydrogen-bond donors (Lipinski definition) is 2. The number of carbonyl (C=O) groups excluding carboxylic acids is 1. The Balaban J connectivity index is 1.62. The van der Waals surface area contributed by atoms with Crippen molar-refractivity contribution in [2.75, 3.05) is 10.6 Å². The summed E-state index contributed by atoms with van der Waals surface area (Å²) in [4.78, 5) is 12.5. The van der Waals surface area contributed by atoms with E-state index in [1.807, 2.05) is 66.9 Å². The van der Waals surface area contributed by atoms with Crippen molar-refractivity contribution in [3.8, 4) is 0 Å². The number of carbonyl (C=O) groups is 1. The molecule has 0 bridgehead atoms. The van der Waals surface area contributed by atoms with Crippen LogP contribution in [0.2, 0.25) is 0 Å². The van der Waals surface area contributed by atoms with Crippen LogP contribution in [0.3, 0.4) is 0 Å². The van der Waals surface area contributed by atoms with Crippen LogP contribution in [0.1, 0.15) is 6.92 Å². The van der Waals surface area contributed by atoms with Crippen LogP contribution >= 0.6 is 0 Å². The lowest BCUT2D eigenvalue weighted by Gasteiger charge is -2.09. The van der Waals surface area contributed by atoms with Crippen molar-refractivity contribution in [1.29, 1.82) is 0 Å². The fraction of sp³-hybridized carbons (Fsp3) is 0.0952. The summed E-state index contributed by atoms with van der Waals surface area (Å²) < 4.78 is 2.13. The first-order valence-corrected chi connectivity index (χ1v) is 8.40. The lowest BCUT2D eigenvalue weighted by Crippen LogP contribution is -2.19. The maximum atomic E-state index is 12.5. The predicted octanol–water partition coefficient (Wildman–Crippen LogP) is 5.46. The molecule has 4 aromatic rings. The number of fused-ring (bicyclic) bond motifs is 2. The number of aryl methyl sites for hydroxylation is 1. The Morgan fingerprint density at radius 2 is 1.52 bits per heavy atom. The van der Waals surface area contributed by atoms with Gasteiger partial charge in [0.15, 0.2) is 0 Å². The third-order valence-electron chi connectivity index (χ3n) is 4.42. The number of rotatable bonds is 3. The largest absolute Gasteiger partial charge is 0.346 e. The first kappa shape index (κ1) is 15.3. The molecule has 0 saturated heterocycles. The topological polar surface area (TPSA) is 46.1 Å². The maximum Gasteiger partial charge on any atom is 0.323 e. The summed E-state index contributed by atoms with van der Waals surface area (Å²) in [7, 11) is 0. The molecule has 0 radical (unpaired) electrons. The molecule has 4 rings (SSSR count). The van der Waals surface area contributed by atoms with Gasteiger partial charge in [0.25, 0.3) is 0 Å². The second-order valence-electron chi connectivity index (χ2n) is 5.95. The average Bonchev–Trinajstić information content (AvgIpc) is 3.00. The molecule has 4 heteroatoms. The third kappa shape index (κ3) is 2.83. The van der Waals surface area contributed by atoms with Crippen LogP contribution in [-0.2, 0) is 6.54 Å². The van der Waals surface area contributed by atoms with Crippen LogP contribution in [-0.4, -0.2) is 10.6 Å². The number of benzene rings is 3. The van der Waals surface area contributed by atoms with Gasteiger partial charge >= 0.3 is 6.03 Å². The summed E-state index contributed by atoms with van der Waals surface area (Å²) in [6.45, 7) is 2.94. The summed E-state index contributed by atoms with van der Waals surface area (Å²) in [6, 6.07) is 21.7. The van der Waals surface area contributed by atoms with Gasteiger partial charge in [-0.2, -0.15) is 0 Å². The van der Waals surface area contributed by atoms with E-state index in [0.29, 0.717) is 0 Å². The van der Waals surface area contributed by atoms with Crippen molar-refractivity contribution >= 4 is 39.1 Å². The van der Waals surface area contributed by atoms with Gasteiger partial charge in [-0.1, -0.05) is 54.6 Å². The molecule has 0 unspecified atom stereocenters. The van der Waals surface area contributed by atoms with Gasteiger partial charge in [-0.3, -0.25) is 0 Å². The second-order valence-corrected chi connectivity index (χ2v) is 5.95. The van der Waals surface area contributed by atoms with Gasteiger partial charge in [0, 0.05) is 23.5 Å². The van der Waals surface area contributed by atoms with Crippen LogP contribution in [0.5, 0.6) is 0 Å². The first-order valence-electron chi connectivity index (χ1n) is 8.40. The zero-order valence-electron chi connectivity index (χ0n) is 14.0. The summed E-state index contributed by atoms with van der Waals surface area (Å²) >= 11 is 0. The second kappa shape index (κ2) is 6.32. The van der Waals surface area contributed by atoms with Crippen LogP contribution in [0.25, 0.3) is 21.7 Å². The molecular formula is C21H19N3O. The minimum Gasteiger partial charge on any atom is -0.346 e. The molecule has 124 valence electrons. The highest BCUT2D eigenvalue weighted by Gasteiger charge is 2.11. The molecule has 0 atom stereocenters. The van der Waals surface area contributed by atoms with E-state index in [9.17, 15) is 4.79 Å². The molecule has 0 aliphatic carbocycles. The van der Waals surface area contributed by atoms with Crippen molar-refractivity contribution in [2.45, 2.75) is 13.5 Å². The molecule has 3 aromatic carbocycles. The molecule has 0 saturated carbocycles. The van der Waals surface area contributed by atoms with E-state index in [4.69, 9.17) is 0 Å². The van der Waals surface area contributed by atoms with E-state index in [1.54, 1.807) is 0 Å². The number of amides is 2. The van der Waals surface area contributed by atoms with E-state index in [1.165, 1.54) is 0 Å². The molecule has 0 aliphatic heterocycles. The number of anilines is 2. The van der Waals surface area contributed by atoms with Gasteiger partial charge < -0.3 is 15.2 Å². The van der Waals surface area contributed by atoms with Gasteiger partial charge in [0.2, 0.25) is 0 Å². The normalized spacial score (nSPS) is 10.9. The molecule has 0 fully saturated rings. The Hall–Kier alpha value is -3.27. The molecule has 1 heterocycles. The summed E-state index contributed by atoms with van der Waals surface area (Å²) in [6.07, 6.45) is 1.98. The van der Waals surface area contributed by atoms with E-state index in [0.717, 1.165) is 39.6 Å². The zero-order valence-corrected chi connectivity index (χ0v) is 14.0. The van der Waals surface area contributed by atoms with Crippen molar-refractivity contribution in [2.24, 2.45) is 0 Å². The van der Waals surface area contributed by atoms with Gasteiger partial charge in [0.1, 0.15) is 0 Å². The predicted molar refractivity (Wildman–Crippen MR) is 104 cm³/mol. The monoisotopic (exact) mass is 329 g/mol. The molecule has 0 spiro atoms. The Labute approximate surface area is 146 Å². The third-order valence-corrected chi connectivity index (χ3v) is 4.42. The number of para-hydroxylation sites is 1. The van der Waals surface area contributed by atoms with Crippen LogP contribution < -0.4 is 10.6 Å². The van der Waals surface area contributed by atoms with E-state index < -0.39 is 0 Å². The molecule has 2 amide bonds. The average molecular weight is 329 g/mol. The SMILES string of the molecule is CCn1cc(NC(=O)Nc2cccc3ccccc23)c2ccccc21. The summed E-state index contributed by atoms with van der Waals surface area (Å²) in [5, 5.41) is 9.11. The van der Waals surface area contributed by atoms with E-state index in [-0.39, 0.29) is 6.03 Å². The fourth-order valence-electron chi connectivity index (χ4n) is 3.22. The van der Waals surface area contributed by atoms with Crippen molar-refractivity contribution in [3.63, 3.8) is 0 Å². The van der Waals surface area contributed by atoms with Gasteiger partial charge in [-0.15, -0.1) is 0 Å². The number of aromatic nitrogens is 1. The molecular weight excluding hydrogens is 310 g/mol. The van der Waals surface area contributed by atoms with Crippen molar-refractivity contribution < 1.29 is 4.79 Å².